The average Bonchev–Trinajstić information content (AvgIpc) is 3.06. The predicted octanol–water partition coefficient (Wildman–Crippen LogP) is 3.06. The molecule has 6 heteroatoms. The smallest absolute Gasteiger partial charge is 0.118 e. The summed E-state index contributed by atoms with van der Waals surface area (Å²) >= 11 is 0.389. The molecule has 0 radical (unpaired) electrons. The fraction of sp³-hybridized carbons (Fsp3) is 0.111. The number of hydrogen-bond donors (Lipinski definition) is 0. The molecule has 0 N–H and O–H groups in total. The summed E-state index contributed by atoms with van der Waals surface area (Å²) in [5.74, 6) is 1.56. The quantitative estimate of drug-likeness (QED) is 0.670. The molecule has 1 aromatic heterocycles. The summed E-state index contributed by atoms with van der Waals surface area (Å²) in [6.07, 6.45) is 1.64. The van der Waals surface area contributed by atoms with Gasteiger partial charge in [-0.3, -0.25) is 4.57 Å². The standard InChI is InChI=1S/C18H16N2O3S/c1-22-15-7-3-13(4-8-15)17-18(20(11-19-17)12-24-21)14-5-9-16(23-2)10-6-14/h3-12H,1-2H3. The van der Waals surface area contributed by atoms with Gasteiger partial charge in [0.1, 0.15) is 34.6 Å². The molecule has 5 nitrogen and oxygen atoms in total. The number of aromatic nitrogens is 2. The number of benzene rings is 2. The van der Waals surface area contributed by atoms with E-state index >= 15 is 0 Å². The van der Waals surface area contributed by atoms with Crippen LogP contribution in [0.3, 0.4) is 0 Å². The van der Waals surface area contributed by atoms with Crippen LogP contribution >= 0.6 is 0 Å². The summed E-state index contributed by atoms with van der Waals surface area (Å²) in [5, 5.41) is 0. The van der Waals surface area contributed by atoms with Crippen molar-refractivity contribution in [1.29, 1.82) is 0 Å². The molecule has 0 aliphatic heterocycles. The molecule has 3 aromatic rings. The molecule has 0 saturated heterocycles. The lowest BCUT2D eigenvalue weighted by Gasteiger charge is -2.08. The molecule has 0 unspecified atom stereocenters. The highest BCUT2D eigenvalue weighted by atomic mass is 32.1. The molecule has 122 valence electrons. The van der Waals surface area contributed by atoms with Crippen molar-refractivity contribution in [2.75, 3.05) is 14.2 Å². The molecule has 24 heavy (non-hydrogen) atoms. The zero-order valence-corrected chi connectivity index (χ0v) is 14.1. The maximum absolute atomic E-state index is 11.0. The number of imidazole rings is 1. The van der Waals surface area contributed by atoms with Gasteiger partial charge in [-0.25, -0.2) is 9.19 Å². The van der Waals surface area contributed by atoms with E-state index in [9.17, 15) is 4.21 Å². The molecule has 2 aromatic carbocycles. The number of nitrogens with zero attached hydrogens (tertiary/aromatic N) is 2. The summed E-state index contributed by atoms with van der Waals surface area (Å²) in [6.45, 7) is 0. The Kier molecular flexibility index (Phi) is 4.77. The van der Waals surface area contributed by atoms with E-state index in [1.54, 1.807) is 25.1 Å². The van der Waals surface area contributed by atoms with E-state index < -0.39 is 0 Å². The van der Waals surface area contributed by atoms with Crippen LogP contribution in [-0.4, -0.2) is 33.5 Å². The van der Waals surface area contributed by atoms with Crippen molar-refractivity contribution in [2.45, 2.75) is 0 Å². The van der Waals surface area contributed by atoms with Crippen molar-refractivity contribution in [1.82, 2.24) is 9.55 Å². The summed E-state index contributed by atoms with van der Waals surface area (Å²) < 4.78 is 23.1. The third-order valence-corrected chi connectivity index (χ3v) is 3.99. The van der Waals surface area contributed by atoms with Gasteiger partial charge in [0.25, 0.3) is 0 Å². The monoisotopic (exact) mass is 340 g/mol. The molecule has 0 aliphatic carbocycles. The highest BCUT2D eigenvalue weighted by Gasteiger charge is 2.14. The Labute approximate surface area is 143 Å². The van der Waals surface area contributed by atoms with E-state index in [1.165, 1.54) is 5.49 Å². The summed E-state index contributed by atoms with van der Waals surface area (Å²) in [7, 11) is 3.26. The van der Waals surface area contributed by atoms with Crippen molar-refractivity contribution in [2.24, 2.45) is 0 Å². The van der Waals surface area contributed by atoms with Gasteiger partial charge in [-0.1, -0.05) is 0 Å². The average molecular weight is 340 g/mol. The molecule has 0 bridgehead atoms. The first-order valence-corrected chi connectivity index (χ1v) is 8.05. The van der Waals surface area contributed by atoms with Gasteiger partial charge in [-0.15, -0.1) is 0 Å². The normalized spacial score (nSPS) is 10.2. The lowest BCUT2D eigenvalue weighted by atomic mass is 10.0. The summed E-state index contributed by atoms with van der Waals surface area (Å²) in [4.78, 5) is 4.49. The van der Waals surface area contributed by atoms with E-state index in [-0.39, 0.29) is 0 Å². The number of methoxy groups -OCH3 is 2. The molecule has 1 heterocycles. The van der Waals surface area contributed by atoms with Crippen LogP contribution in [0.25, 0.3) is 22.5 Å². The Bertz CT molecular complexity index is 880. The number of rotatable bonds is 5. The van der Waals surface area contributed by atoms with Crippen LogP contribution in [0.1, 0.15) is 0 Å². The molecule has 0 fully saturated rings. The van der Waals surface area contributed by atoms with Crippen LogP contribution in [0, 0.1) is 0 Å². The second kappa shape index (κ2) is 7.14. The van der Waals surface area contributed by atoms with E-state index in [0.29, 0.717) is 11.3 Å². The maximum Gasteiger partial charge on any atom is 0.118 e. The van der Waals surface area contributed by atoms with Gasteiger partial charge < -0.3 is 9.47 Å². The highest BCUT2D eigenvalue weighted by Crippen LogP contribution is 2.32. The molecule has 0 saturated carbocycles. The van der Waals surface area contributed by atoms with E-state index in [2.05, 4.69) is 4.98 Å². The van der Waals surface area contributed by atoms with Gasteiger partial charge in [-0.05, 0) is 48.5 Å². The first-order chi connectivity index (χ1) is 11.8. The van der Waals surface area contributed by atoms with Gasteiger partial charge >= 0.3 is 0 Å². The van der Waals surface area contributed by atoms with Crippen molar-refractivity contribution in [3.63, 3.8) is 0 Å². The largest absolute Gasteiger partial charge is 0.497 e. The van der Waals surface area contributed by atoms with E-state index in [1.807, 2.05) is 48.5 Å². The maximum atomic E-state index is 11.0. The lowest BCUT2D eigenvalue weighted by Crippen LogP contribution is -1.97. The fourth-order valence-electron chi connectivity index (χ4n) is 2.48. The highest BCUT2D eigenvalue weighted by molar-refractivity contribution is 7.64. The molecular formula is C18H16N2O3S. The van der Waals surface area contributed by atoms with Crippen LogP contribution in [-0.2, 0) is 11.3 Å². The fourth-order valence-corrected chi connectivity index (χ4v) is 2.73. The van der Waals surface area contributed by atoms with Crippen LogP contribution in [0.2, 0.25) is 0 Å². The minimum absolute atomic E-state index is 0.389. The van der Waals surface area contributed by atoms with Crippen LogP contribution in [0.5, 0.6) is 11.5 Å². The van der Waals surface area contributed by atoms with Crippen LogP contribution in [0.4, 0.5) is 0 Å². The van der Waals surface area contributed by atoms with Gasteiger partial charge in [0.2, 0.25) is 0 Å². The molecule has 0 amide bonds. The zero-order valence-electron chi connectivity index (χ0n) is 13.3. The summed E-state index contributed by atoms with van der Waals surface area (Å²) in [5.41, 5.74) is 5.04. The first kappa shape index (κ1) is 16.0. The van der Waals surface area contributed by atoms with Gasteiger partial charge in [0, 0.05) is 11.1 Å². The lowest BCUT2D eigenvalue weighted by molar-refractivity contribution is 0.414. The Morgan fingerprint density at radius 3 is 1.96 bits per heavy atom. The molecule has 0 atom stereocenters. The molecular weight excluding hydrogens is 324 g/mol. The first-order valence-electron chi connectivity index (χ1n) is 7.24. The SMILES string of the molecule is COc1ccc(-c2ncn(C=S=O)c2-c2ccc(OC)cc2)cc1. The van der Waals surface area contributed by atoms with Crippen LogP contribution < -0.4 is 9.47 Å². The topological polar surface area (TPSA) is 53.4 Å². The third-order valence-electron chi connectivity index (χ3n) is 3.68. The van der Waals surface area contributed by atoms with Gasteiger partial charge in [-0.2, -0.15) is 0 Å². The van der Waals surface area contributed by atoms with Crippen molar-refractivity contribution in [3.05, 3.63) is 54.9 Å². The van der Waals surface area contributed by atoms with E-state index in [0.717, 1.165) is 34.0 Å². The van der Waals surface area contributed by atoms with Crippen molar-refractivity contribution in [3.8, 4) is 34.0 Å². The zero-order chi connectivity index (χ0) is 16.9. The second-order valence-corrected chi connectivity index (χ2v) is 5.41. The van der Waals surface area contributed by atoms with Gasteiger partial charge in [0.05, 0.1) is 25.6 Å². The molecule has 0 spiro atoms. The molecule has 3 rings (SSSR count). The Hall–Kier alpha value is -2.86. The number of ether oxygens (including phenoxy) is 2. The number of hydrogen-bond acceptors (Lipinski definition) is 4. The van der Waals surface area contributed by atoms with Crippen molar-refractivity contribution < 1.29 is 13.7 Å². The summed E-state index contributed by atoms with van der Waals surface area (Å²) in [6, 6.07) is 15.3. The van der Waals surface area contributed by atoms with Crippen LogP contribution in [0.15, 0.2) is 54.9 Å². The predicted molar refractivity (Wildman–Crippen MR) is 95.8 cm³/mol. The van der Waals surface area contributed by atoms with E-state index in [4.69, 9.17) is 9.47 Å². The molecule has 0 aliphatic rings. The van der Waals surface area contributed by atoms with Gasteiger partial charge in [0.15, 0.2) is 0 Å². The third kappa shape index (κ3) is 3.09. The second-order valence-electron chi connectivity index (χ2n) is 5.01. The Balaban J connectivity index is 2.13. The minimum atomic E-state index is 0.389. The Morgan fingerprint density at radius 1 is 0.917 bits per heavy atom. The van der Waals surface area contributed by atoms with Crippen molar-refractivity contribution >= 4 is 16.7 Å². The minimum Gasteiger partial charge on any atom is -0.497 e. The Morgan fingerprint density at radius 2 is 1.46 bits per heavy atom.